The van der Waals surface area contributed by atoms with Gasteiger partial charge in [-0.1, -0.05) is 0 Å². The molecule has 1 saturated heterocycles. The summed E-state index contributed by atoms with van der Waals surface area (Å²) >= 11 is 0. The zero-order chi connectivity index (χ0) is 9.54. The van der Waals surface area contributed by atoms with Gasteiger partial charge in [-0.3, -0.25) is 0 Å². The number of hydrogen-bond acceptors (Lipinski definition) is 2. The highest BCUT2D eigenvalue weighted by atomic mass is 15.1. The normalized spacial score (nSPS) is 46.9. The van der Waals surface area contributed by atoms with E-state index in [2.05, 4.69) is 17.3 Å². The summed E-state index contributed by atoms with van der Waals surface area (Å²) in [5.41, 5.74) is 0. The second-order valence-corrected chi connectivity index (χ2v) is 5.67. The lowest BCUT2D eigenvalue weighted by Gasteiger charge is -2.17. The van der Waals surface area contributed by atoms with Crippen molar-refractivity contribution < 1.29 is 0 Å². The minimum Gasteiger partial charge on any atom is -0.313 e. The predicted octanol–water partition coefficient (Wildman–Crippen LogP) is 1.33. The van der Waals surface area contributed by atoms with Crippen molar-refractivity contribution in [2.24, 2.45) is 17.8 Å². The molecule has 0 aromatic carbocycles. The van der Waals surface area contributed by atoms with Crippen molar-refractivity contribution in [3.05, 3.63) is 0 Å². The molecule has 2 nitrogen and oxygen atoms in total. The first kappa shape index (κ1) is 9.17. The molecule has 3 aliphatic rings. The third kappa shape index (κ3) is 1.70. The van der Waals surface area contributed by atoms with Crippen molar-refractivity contribution in [3.8, 4) is 0 Å². The number of likely N-dealkylation sites (tertiary alicyclic amines) is 1. The van der Waals surface area contributed by atoms with E-state index in [0.29, 0.717) is 0 Å². The zero-order valence-electron chi connectivity index (χ0n) is 9.21. The Hall–Kier alpha value is -0.0800. The van der Waals surface area contributed by atoms with Crippen LogP contribution in [0, 0.1) is 17.8 Å². The highest BCUT2D eigenvalue weighted by Crippen LogP contribution is 2.51. The minimum absolute atomic E-state index is 0.894. The van der Waals surface area contributed by atoms with Gasteiger partial charge in [0.25, 0.3) is 0 Å². The number of nitrogens with zero attached hydrogens (tertiary/aromatic N) is 1. The summed E-state index contributed by atoms with van der Waals surface area (Å²) in [6.45, 7) is 3.90. The van der Waals surface area contributed by atoms with E-state index in [4.69, 9.17) is 0 Å². The molecule has 0 aromatic heterocycles. The quantitative estimate of drug-likeness (QED) is 0.729. The van der Waals surface area contributed by atoms with Crippen LogP contribution in [0.1, 0.15) is 25.7 Å². The predicted molar refractivity (Wildman–Crippen MR) is 58.2 cm³/mol. The molecular weight excluding hydrogens is 172 g/mol. The van der Waals surface area contributed by atoms with Crippen LogP contribution in [0.3, 0.4) is 0 Å². The van der Waals surface area contributed by atoms with Gasteiger partial charge in [0.05, 0.1) is 0 Å². The van der Waals surface area contributed by atoms with Crippen LogP contribution < -0.4 is 5.32 Å². The average molecular weight is 194 g/mol. The van der Waals surface area contributed by atoms with Crippen molar-refractivity contribution in [1.29, 1.82) is 0 Å². The van der Waals surface area contributed by atoms with Crippen molar-refractivity contribution in [3.63, 3.8) is 0 Å². The summed E-state index contributed by atoms with van der Waals surface area (Å²) in [6.07, 6.45) is 5.90. The first-order valence-corrected chi connectivity index (χ1v) is 6.25. The van der Waals surface area contributed by atoms with Crippen molar-refractivity contribution in [2.45, 2.75) is 31.7 Å². The largest absolute Gasteiger partial charge is 0.313 e. The van der Waals surface area contributed by atoms with Gasteiger partial charge in [-0.2, -0.15) is 0 Å². The molecule has 0 aromatic rings. The standard InChI is InChI=1S/C12H22N2/c1-14-5-4-9(8-14)7-13-12-3-2-10-6-11(10)12/h9-13H,2-8H2,1H3/t9?,10-,11+,12?/m1/s1. The summed E-state index contributed by atoms with van der Waals surface area (Å²) in [4.78, 5) is 2.46. The Labute approximate surface area is 87.0 Å². The molecule has 2 saturated carbocycles. The third-order valence-electron chi connectivity index (χ3n) is 4.50. The molecule has 2 heteroatoms. The number of rotatable bonds is 3. The van der Waals surface area contributed by atoms with Crippen LogP contribution in [-0.4, -0.2) is 37.6 Å². The van der Waals surface area contributed by atoms with Gasteiger partial charge in [0.1, 0.15) is 0 Å². The monoisotopic (exact) mass is 194 g/mol. The van der Waals surface area contributed by atoms with Gasteiger partial charge >= 0.3 is 0 Å². The molecule has 3 fully saturated rings. The Kier molecular flexibility index (Phi) is 2.29. The van der Waals surface area contributed by atoms with E-state index >= 15 is 0 Å². The van der Waals surface area contributed by atoms with Crippen LogP contribution >= 0.6 is 0 Å². The summed E-state index contributed by atoms with van der Waals surface area (Å²) in [7, 11) is 2.24. The number of nitrogens with one attached hydrogen (secondary N) is 1. The molecule has 3 rings (SSSR count). The number of fused-ring (bicyclic) bond motifs is 1. The van der Waals surface area contributed by atoms with Crippen LogP contribution in [0.15, 0.2) is 0 Å². The summed E-state index contributed by atoms with van der Waals surface area (Å²) < 4.78 is 0. The highest BCUT2D eigenvalue weighted by Gasteiger charge is 2.47. The van der Waals surface area contributed by atoms with Gasteiger partial charge in [0.15, 0.2) is 0 Å². The van der Waals surface area contributed by atoms with E-state index < -0.39 is 0 Å². The van der Waals surface area contributed by atoms with Gasteiger partial charge in [0, 0.05) is 12.6 Å². The van der Waals surface area contributed by atoms with Gasteiger partial charge in [-0.15, -0.1) is 0 Å². The van der Waals surface area contributed by atoms with Crippen LogP contribution in [0.4, 0.5) is 0 Å². The van der Waals surface area contributed by atoms with Crippen molar-refractivity contribution >= 4 is 0 Å². The summed E-state index contributed by atoms with van der Waals surface area (Å²) in [5, 5.41) is 3.81. The topological polar surface area (TPSA) is 15.3 Å². The molecule has 1 N–H and O–H groups in total. The van der Waals surface area contributed by atoms with Crippen molar-refractivity contribution in [1.82, 2.24) is 10.2 Å². The Morgan fingerprint density at radius 1 is 1.29 bits per heavy atom. The first-order chi connectivity index (χ1) is 6.83. The van der Waals surface area contributed by atoms with Gasteiger partial charge in [0.2, 0.25) is 0 Å². The van der Waals surface area contributed by atoms with E-state index in [-0.39, 0.29) is 0 Å². The molecule has 2 aliphatic carbocycles. The molecule has 0 bridgehead atoms. The lowest BCUT2D eigenvalue weighted by Crippen LogP contribution is -2.34. The van der Waals surface area contributed by atoms with E-state index in [1.54, 1.807) is 0 Å². The molecule has 80 valence electrons. The van der Waals surface area contributed by atoms with Crippen LogP contribution in [0.5, 0.6) is 0 Å². The molecular formula is C12H22N2. The lowest BCUT2D eigenvalue weighted by molar-refractivity contribution is 0.371. The molecule has 1 aliphatic heterocycles. The maximum Gasteiger partial charge on any atom is 0.00983 e. The maximum atomic E-state index is 3.81. The minimum atomic E-state index is 0.894. The van der Waals surface area contributed by atoms with Crippen molar-refractivity contribution in [2.75, 3.05) is 26.7 Å². The van der Waals surface area contributed by atoms with Gasteiger partial charge < -0.3 is 10.2 Å². The fourth-order valence-corrected chi connectivity index (χ4v) is 3.47. The van der Waals surface area contributed by atoms with Gasteiger partial charge in [-0.05, 0) is 63.6 Å². The Balaban J connectivity index is 1.41. The highest BCUT2D eigenvalue weighted by molar-refractivity contribution is 5.01. The Bertz CT molecular complexity index is 216. The second kappa shape index (κ2) is 3.49. The molecule has 0 radical (unpaired) electrons. The average Bonchev–Trinajstić information content (AvgIpc) is 2.66. The molecule has 2 unspecified atom stereocenters. The fraction of sp³-hybridized carbons (Fsp3) is 1.00. The third-order valence-corrected chi connectivity index (χ3v) is 4.50. The van der Waals surface area contributed by atoms with Crippen LogP contribution in [0.25, 0.3) is 0 Å². The smallest absolute Gasteiger partial charge is 0.00983 e. The lowest BCUT2D eigenvalue weighted by atomic mass is 10.1. The maximum absolute atomic E-state index is 3.81. The van der Waals surface area contributed by atoms with E-state index in [9.17, 15) is 0 Å². The SMILES string of the molecule is CN1CCC(CNC2CC[C@@H]3C[C@H]23)C1. The van der Waals surface area contributed by atoms with E-state index in [1.165, 1.54) is 45.3 Å². The second-order valence-electron chi connectivity index (χ2n) is 5.67. The Morgan fingerprint density at radius 2 is 2.21 bits per heavy atom. The van der Waals surface area contributed by atoms with Gasteiger partial charge in [-0.25, -0.2) is 0 Å². The van der Waals surface area contributed by atoms with Crippen LogP contribution in [0.2, 0.25) is 0 Å². The molecule has 14 heavy (non-hydrogen) atoms. The fourth-order valence-electron chi connectivity index (χ4n) is 3.47. The summed E-state index contributed by atoms with van der Waals surface area (Å²) in [6, 6.07) is 0.894. The molecule has 0 spiro atoms. The molecule has 0 amide bonds. The first-order valence-electron chi connectivity index (χ1n) is 6.25. The number of hydrogen-bond donors (Lipinski definition) is 1. The van der Waals surface area contributed by atoms with E-state index in [1.807, 2.05) is 0 Å². The Morgan fingerprint density at radius 3 is 2.79 bits per heavy atom. The molecule has 4 atom stereocenters. The zero-order valence-corrected chi connectivity index (χ0v) is 9.21. The van der Waals surface area contributed by atoms with Crippen LogP contribution in [-0.2, 0) is 0 Å². The van der Waals surface area contributed by atoms with E-state index in [0.717, 1.165) is 23.8 Å². The molecule has 1 heterocycles. The summed E-state index contributed by atoms with van der Waals surface area (Å²) in [5.74, 6) is 3.13.